The van der Waals surface area contributed by atoms with Gasteiger partial charge in [0.05, 0.1) is 35.1 Å². The molecule has 14 heteroatoms. The van der Waals surface area contributed by atoms with Crippen LogP contribution in [0.3, 0.4) is 0 Å². The van der Waals surface area contributed by atoms with E-state index in [4.69, 9.17) is 4.74 Å². The summed E-state index contributed by atoms with van der Waals surface area (Å²) in [5, 5.41) is 14.8. The Kier molecular flexibility index (Phi) is 11.9. The minimum Gasteiger partial charge on any atom is -0.462 e. The second kappa shape index (κ2) is 15.8. The standard InChI is InChI=1S/C33H38N6O6S2/c1-6-38(7-2)47(43,44)27-18-14-24(15-19-27)31(41)34-20-29-36-37-33(39(29)28-11-9-10-22(4)23(28)5)46-21-30(40)35-26-16-12-25(13-17-26)32(42)45-8-3/h9-19H,6-8,20-21H2,1-5H3,(H,34,41)(H,35,40). The Bertz CT molecular complexity index is 1840. The fraction of sp³-hybridized carbons (Fsp3) is 0.303. The molecule has 4 aromatic rings. The summed E-state index contributed by atoms with van der Waals surface area (Å²) in [6, 6.07) is 18.1. The van der Waals surface area contributed by atoms with Gasteiger partial charge < -0.3 is 15.4 Å². The zero-order chi connectivity index (χ0) is 34.1. The van der Waals surface area contributed by atoms with Crippen molar-refractivity contribution in [3.63, 3.8) is 0 Å². The van der Waals surface area contributed by atoms with E-state index in [1.165, 1.54) is 40.3 Å². The molecule has 4 rings (SSSR count). The van der Waals surface area contributed by atoms with Crippen LogP contribution < -0.4 is 10.6 Å². The summed E-state index contributed by atoms with van der Waals surface area (Å²) in [5.74, 6) is -0.647. The lowest BCUT2D eigenvalue weighted by Gasteiger charge is -2.18. The smallest absolute Gasteiger partial charge is 0.338 e. The Hall–Kier alpha value is -4.53. The molecule has 47 heavy (non-hydrogen) atoms. The van der Waals surface area contributed by atoms with E-state index in [2.05, 4.69) is 20.8 Å². The molecule has 12 nitrogen and oxygen atoms in total. The number of anilines is 1. The maximum absolute atomic E-state index is 13.1. The number of nitrogens with one attached hydrogen (secondary N) is 2. The summed E-state index contributed by atoms with van der Waals surface area (Å²) in [7, 11) is -3.64. The van der Waals surface area contributed by atoms with E-state index in [9.17, 15) is 22.8 Å². The van der Waals surface area contributed by atoms with Crippen LogP contribution in [-0.2, 0) is 26.1 Å². The first-order valence-corrected chi connectivity index (χ1v) is 17.5. The van der Waals surface area contributed by atoms with Crippen LogP contribution in [0.4, 0.5) is 5.69 Å². The number of carbonyl (C=O) groups is 3. The van der Waals surface area contributed by atoms with Gasteiger partial charge in [0.2, 0.25) is 15.9 Å². The van der Waals surface area contributed by atoms with Crippen molar-refractivity contribution in [1.82, 2.24) is 24.4 Å². The van der Waals surface area contributed by atoms with E-state index in [0.29, 0.717) is 40.9 Å². The average Bonchev–Trinajstić information content (AvgIpc) is 3.47. The maximum Gasteiger partial charge on any atom is 0.338 e. The molecule has 0 bridgehead atoms. The number of ether oxygens (including phenoxy) is 1. The normalized spacial score (nSPS) is 11.4. The van der Waals surface area contributed by atoms with Gasteiger partial charge in [-0.25, -0.2) is 13.2 Å². The van der Waals surface area contributed by atoms with Crippen LogP contribution in [0.5, 0.6) is 0 Å². The average molecular weight is 679 g/mol. The quantitative estimate of drug-likeness (QED) is 0.142. The lowest BCUT2D eigenvalue weighted by molar-refractivity contribution is -0.113. The number of amides is 2. The molecule has 0 atom stereocenters. The minimum absolute atomic E-state index is 0.0255. The molecule has 2 amide bonds. The Balaban J connectivity index is 1.48. The molecule has 0 aliphatic carbocycles. The Morgan fingerprint density at radius 2 is 1.55 bits per heavy atom. The fourth-order valence-electron chi connectivity index (χ4n) is 4.71. The van der Waals surface area contributed by atoms with Crippen molar-refractivity contribution in [1.29, 1.82) is 0 Å². The van der Waals surface area contributed by atoms with Crippen molar-refractivity contribution in [2.75, 3.05) is 30.8 Å². The largest absolute Gasteiger partial charge is 0.462 e. The molecule has 2 N–H and O–H groups in total. The lowest BCUT2D eigenvalue weighted by Crippen LogP contribution is -2.30. The molecule has 0 unspecified atom stereocenters. The van der Waals surface area contributed by atoms with E-state index in [0.717, 1.165) is 16.8 Å². The highest BCUT2D eigenvalue weighted by Crippen LogP contribution is 2.26. The molecular weight excluding hydrogens is 641 g/mol. The van der Waals surface area contributed by atoms with Crippen LogP contribution in [-0.4, -0.2) is 70.7 Å². The van der Waals surface area contributed by atoms with Gasteiger partial charge in [-0.2, -0.15) is 4.31 Å². The Labute approximate surface area is 279 Å². The molecule has 0 spiro atoms. The highest BCUT2D eigenvalue weighted by atomic mass is 32.2. The molecule has 1 heterocycles. The van der Waals surface area contributed by atoms with Crippen LogP contribution in [0.2, 0.25) is 0 Å². The van der Waals surface area contributed by atoms with Gasteiger partial charge in [0.1, 0.15) is 0 Å². The summed E-state index contributed by atoms with van der Waals surface area (Å²) < 4.78 is 33.8. The molecule has 0 fully saturated rings. The number of carbonyl (C=O) groups excluding carboxylic acids is 3. The van der Waals surface area contributed by atoms with Gasteiger partial charge in [-0.05, 0) is 86.5 Å². The third-order valence-corrected chi connectivity index (χ3v) is 10.4. The van der Waals surface area contributed by atoms with Gasteiger partial charge >= 0.3 is 5.97 Å². The molecule has 0 saturated carbocycles. The number of esters is 1. The molecule has 0 radical (unpaired) electrons. The summed E-state index contributed by atoms with van der Waals surface area (Å²) in [5.41, 5.74) is 4.05. The van der Waals surface area contributed by atoms with Gasteiger partial charge in [-0.15, -0.1) is 10.2 Å². The summed E-state index contributed by atoms with van der Waals surface area (Å²) in [6.45, 7) is 10.2. The zero-order valence-corrected chi connectivity index (χ0v) is 28.6. The molecule has 0 saturated heterocycles. The molecule has 3 aromatic carbocycles. The van der Waals surface area contributed by atoms with Crippen LogP contribution in [0.1, 0.15) is 58.4 Å². The van der Waals surface area contributed by atoms with E-state index in [1.807, 2.05) is 36.6 Å². The monoisotopic (exact) mass is 678 g/mol. The zero-order valence-electron chi connectivity index (χ0n) is 26.9. The third kappa shape index (κ3) is 8.44. The number of sulfonamides is 1. The number of aromatic nitrogens is 3. The number of benzene rings is 3. The first kappa shape index (κ1) is 35.3. The van der Waals surface area contributed by atoms with Crippen LogP contribution in [0.25, 0.3) is 5.69 Å². The number of thioether (sulfide) groups is 1. The van der Waals surface area contributed by atoms with Gasteiger partial charge in [0, 0.05) is 24.3 Å². The summed E-state index contributed by atoms with van der Waals surface area (Å²) >= 11 is 1.19. The number of aryl methyl sites for hydroxylation is 1. The molecular formula is C33H38N6O6S2. The van der Waals surface area contributed by atoms with Crippen molar-refractivity contribution in [3.05, 3.63) is 94.8 Å². The van der Waals surface area contributed by atoms with E-state index in [1.54, 1.807) is 45.0 Å². The van der Waals surface area contributed by atoms with Crippen LogP contribution in [0.15, 0.2) is 76.8 Å². The summed E-state index contributed by atoms with van der Waals surface area (Å²) in [6.07, 6.45) is 0. The number of hydrogen-bond acceptors (Lipinski definition) is 9. The Morgan fingerprint density at radius 3 is 2.19 bits per heavy atom. The minimum atomic E-state index is -3.64. The molecule has 0 aliphatic heterocycles. The van der Waals surface area contributed by atoms with E-state index < -0.39 is 21.9 Å². The van der Waals surface area contributed by atoms with Gasteiger partial charge in [-0.1, -0.05) is 37.7 Å². The number of rotatable bonds is 14. The van der Waals surface area contributed by atoms with Gasteiger partial charge in [0.15, 0.2) is 11.0 Å². The number of nitrogens with zero attached hydrogens (tertiary/aromatic N) is 4. The first-order valence-electron chi connectivity index (χ1n) is 15.1. The van der Waals surface area contributed by atoms with Crippen molar-refractivity contribution >= 4 is 45.3 Å². The summed E-state index contributed by atoms with van der Waals surface area (Å²) in [4.78, 5) is 37.9. The highest BCUT2D eigenvalue weighted by Gasteiger charge is 2.22. The molecule has 1 aromatic heterocycles. The SMILES string of the molecule is CCOC(=O)c1ccc(NC(=O)CSc2nnc(CNC(=O)c3ccc(S(=O)(=O)N(CC)CC)cc3)n2-c2cccc(C)c2C)cc1. The van der Waals surface area contributed by atoms with E-state index in [-0.39, 0.29) is 29.7 Å². The van der Waals surface area contributed by atoms with Crippen LogP contribution in [0, 0.1) is 13.8 Å². The van der Waals surface area contributed by atoms with Crippen molar-refractivity contribution in [2.45, 2.75) is 51.2 Å². The second-order valence-electron chi connectivity index (χ2n) is 10.4. The second-order valence-corrected chi connectivity index (χ2v) is 13.3. The van der Waals surface area contributed by atoms with Gasteiger partial charge in [0.25, 0.3) is 5.91 Å². The Morgan fingerprint density at radius 1 is 0.894 bits per heavy atom. The van der Waals surface area contributed by atoms with E-state index >= 15 is 0 Å². The molecule has 0 aliphatic rings. The fourth-order valence-corrected chi connectivity index (χ4v) is 6.93. The predicted molar refractivity (Wildman–Crippen MR) is 180 cm³/mol. The maximum atomic E-state index is 13.1. The highest BCUT2D eigenvalue weighted by molar-refractivity contribution is 7.99. The van der Waals surface area contributed by atoms with Crippen LogP contribution >= 0.6 is 11.8 Å². The van der Waals surface area contributed by atoms with Crippen molar-refractivity contribution in [3.8, 4) is 5.69 Å². The topological polar surface area (TPSA) is 153 Å². The number of hydrogen-bond donors (Lipinski definition) is 2. The predicted octanol–water partition coefficient (Wildman–Crippen LogP) is 4.75. The van der Waals surface area contributed by atoms with Gasteiger partial charge in [-0.3, -0.25) is 14.2 Å². The molecule has 248 valence electrons. The lowest BCUT2D eigenvalue weighted by atomic mass is 10.1. The first-order chi connectivity index (χ1) is 22.5. The van der Waals surface area contributed by atoms with Crippen molar-refractivity contribution in [2.24, 2.45) is 0 Å². The van der Waals surface area contributed by atoms with Crippen molar-refractivity contribution < 1.29 is 27.5 Å². The third-order valence-electron chi connectivity index (χ3n) is 7.40.